The van der Waals surface area contributed by atoms with Gasteiger partial charge in [0.2, 0.25) is 0 Å². The van der Waals surface area contributed by atoms with Gasteiger partial charge >= 0.3 is 0 Å². The number of carbonyl (C=O) groups excluding carboxylic acids is 1. The Kier molecular flexibility index (Phi) is 7.30. The fraction of sp³-hybridized carbons (Fsp3) is 0.100. The zero-order valence-electron chi connectivity index (χ0n) is 14.5. The Morgan fingerprint density at radius 2 is 2.04 bits per heavy atom. The molecule has 0 aromatic heterocycles. The molecule has 0 unspecified atom stereocenters. The van der Waals surface area contributed by atoms with Gasteiger partial charge in [0.1, 0.15) is 29.7 Å². The van der Waals surface area contributed by atoms with E-state index in [0.29, 0.717) is 32.8 Å². The minimum Gasteiger partial charge on any atom is -0.497 e. The monoisotopic (exact) mass is 402 g/mol. The fourth-order valence-corrected chi connectivity index (χ4v) is 2.41. The Morgan fingerprint density at radius 3 is 2.67 bits per heavy atom. The summed E-state index contributed by atoms with van der Waals surface area (Å²) in [5.41, 5.74) is 0.876. The number of hydrogen-bond acceptors (Lipinski definition) is 4. The lowest BCUT2D eigenvalue weighted by Crippen LogP contribution is -2.13. The molecule has 0 aliphatic carbocycles. The number of carbonyl (C=O) groups is 1. The standard InChI is InChI=1S/C20H16Cl2N2O3/c1-3-8-27-19-11-16(26-2)6-4-13(19)9-14(12-23)20(25)24-15-5-7-17(21)18(22)10-15/h3-7,9-11H,1,8H2,2H3,(H,24,25)/b14-9+. The molecular weight excluding hydrogens is 387 g/mol. The van der Waals surface area contributed by atoms with Crippen LogP contribution in [0.5, 0.6) is 11.5 Å². The highest BCUT2D eigenvalue weighted by molar-refractivity contribution is 6.42. The summed E-state index contributed by atoms with van der Waals surface area (Å²) >= 11 is 11.8. The van der Waals surface area contributed by atoms with E-state index in [9.17, 15) is 10.1 Å². The molecule has 1 N–H and O–H groups in total. The lowest BCUT2D eigenvalue weighted by atomic mass is 10.1. The van der Waals surface area contributed by atoms with Gasteiger partial charge in [-0.05, 0) is 36.4 Å². The van der Waals surface area contributed by atoms with Crippen molar-refractivity contribution >= 4 is 40.9 Å². The van der Waals surface area contributed by atoms with Crippen molar-refractivity contribution in [3.05, 3.63) is 70.2 Å². The van der Waals surface area contributed by atoms with E-state index >= 15 is 0 Å². The molecule has 0 heterocycles. The van der Waals surface area contributed by atoms with E-state index in [1.54, 1.807) is 36.4 Å². The third kappa shape index (κ3) is 5.52. The Morgan fingerprint density at radius 1 is 1.26 bits per heavy atom. The lowest BCUT2D eigenvalue weighted by molar-refractivity contribution is -0.112. The van der Waals surface area contributed by atoms with Gasteiger partial charge in [-0.2, -0.15) is 5.26 Å². The molecule has 2 rings (SSSR count). The second-order valence-corrected chi connectivity index (χ2v) is 6.07. The summed E-state index contributed by atoms with van der Waals surface area (Å²) in [4.78, 5) is 12.4. The lowest BCUT2D eigenvalue weighted by Gasteiger charge is -2.10. The molecule has 2 aromatic carbocycles. The number of benzene rings is 2. The maximum absolute atomic E-state index is 12.4. The average Bonchev–Trinajstić information content (AvgIpc) is 2.67. The van der Waals surface area contributed by atoms with E-state index in [2.05, 4.69) is 11.9 Å². The number of nitrogens with one attached hydrogen (secondary N) is 1. The van der Waals surface area contributed by atoms with Crippen LogP contribution < -0.4 is 14.8 Å². The van der Waals surface area contributed by atoms with E-state index in [1.165, 1.54) is 19.3 Å². The van der Waals surface area contributed by atoms with Crippen LogP contribution in [0.3, 0.4) is 0 Å². The predicted molar refractivity (Wildman–Crippen MR) is 107 cm³/mol. The fourth-order valence-electron chi connectivity index (χ4n) is 2.11. The maximum Gasteiger partial charge on any atom is 0.266 e. The molecule has 1 amide bonds. The van der Waals surface area contributed by atoms with E-state index in [4.69, 9.17) is 32.7 Å². The highest BCUT2D eigenvalue weighted by Crippen LogP contribution is 2.28. The van der Waals surface area contributed by atoms with Crippen LogP contribution in [0.1, 0.15) is 5.56 Å². The first-order chi connectivity index (χ1) is 13.0. The molecule has 27 heavy (non-hydrogen) atoms. The molecule has 0 saturated heterocycles. The van der Waals surface area contributed by atoms with Gasteiger partial charge in [-0.3, -0.25) is 4.79 Å². The molecule has 0 atom stereocenters. The van der Waals surface area contributed by atoms with Gasteiger partial charge in [-0.25, -0.2) is 0 Å². The van der Waals surface area contributed by atoms with E-state index in [0.717, 1.165) is 0 Å². The van der Waals surface area contributed by atoms with Crippen molar-refractivity contribution in [2.75, 3.05) is 19.0 Å². The SMILES string of the molecule is C=CCOc1cc(OC)ccc1/C=C(\C#N)C(=O)Nc1ccc(Cl)c(Cl)c1. The Balaban J connectivity index is 2.31. The first-order valence-corrected chi connectivity index (χ1v) is 8.54. The van der Waals surface area contributed by atoms with E-state index in [1.807, 2.05) is 6.07 Å². The molecule has 0 spiro atoms. The Labute approximate surface area is 167 Å². The van der Waals surface area contributed by atoms with Crippen molar-refractivity contribution in [2.45, 2.75) is 0 Å². The molecule has 0 aliphatic heterocycles. The van der Waals surface area contributed by atoms with Crippen LogP contribution in [0.2, 0.25) is 10.0 Å². The van der Waals surface area contributed by atoms with Gasteiger partial charge in [0.05, 0.1) is 17.2 Å². The summed E-state index contributed by atoms with van der Waals surface area (Å²) in [6, 6.07) is 11.6. The van der Waals surface area contributed by atoms with Crippen molar-refractivity contribution in [3.8, 4) is 17.6 Å². The normalized spacial score (nSPS) is 10.7. The molecular formula is C20H16Cl2N2O3. The van der Waals surface area contributed by atoms with Crippen LogP contribution in [0.4, 0.5) is 5.69 Å². The van der Waals surface area contributed by atoms with Crippen molar-refractivity contribution < 1.29 is 14.3 Å². The van der Waals surface area contributed by atoms with Crippen molar-refractivity contribution in [2.24, 2.45) is 0 Å². The smallest absolute Gasteiger partial charge is 0.266 e. The molecule has 2 aromatic rings. The molecule has 7 heteroatoms. The number of methoxy groups -OCH3 is 1. The summed E-state index contributed by atoms with van der Waals surface area (Å²) in [5, 5.41) is 12.7. The maximum atomic E-state index is 12.4. The van der Waals surface area contributed by atoms with Gasteiger partial charge < -0.3 is 14.8 Å². The highest BCUT2D eigenvalue weighted by Gasteiger charge is 2.13. The van der Waals surface area contributed by atoms with Crippen LogP contribution in [-0.4, -0.2) is 19.6 Å². The van der Waals surface area contributed by atoms with Gasteiger partial charge in [0.25, 0.3) is 5.91 Å². The zero-order chi connectivity index (χ0) is 19.8. The van der Waals surface area contributed by atoms with E-state index < -0.39 is 5.91 Å². The molecule has 5 nitrogen and oxygen atoms in total. The quantitative estimate of drug-likeness (QED) is 0.396. The molecule has 0 radical (unpaired) electrons. The number of hydrogen-bond donors (Lipinski definition) is 1. The summed E-state index contributed by atoms with van der Waals surface area (Å²) < 4.78 is 10.8. The average molecular weight is 403 g/mol. The van der Waals surface area contributed by atoms with Crippen LogP contribution in [0, 0.1) is 11.3 Å². The number of amides is 1. The summed E-state index contributed by atoms with van der Waals surface area (Å²) in [6.45, 7) is 3.87. The molecule has 0 aliphatic rings. The Bertz CT molecular complexity index is 933. The summed E-state index contributed by atoms with van der Waals surface area (Å²) in [5.74, 6) is 0.468. The summed E-state index contributed by atoms with van der Waals surface area (Å²) in [6.07, 6.45) is 3.03. The Hall–Kier alpha value is -2.94. The van der Waals surface area contributed by atoms with Crippen LogP contribution in [0.25, 0.3) is 6.08 Å². The van der Waals surface area contributed by atoms with Gasteiger partial charge in [0.15, 0.2) is 0 Å². The van der Waals surface area contributed by atoms with Gasteiger partial charge in [-0.1, -0.05) is 35.9 Å². The number of nitrogens with zero attached hydrogens (tertiary/aromatic N) is 1. The minimum absolute atomic E-state index is 0.102. The first kappa shape index (κ1) is 20.4. The number of rotatable bonds is 7. The largest absolute Gasteiger partial charge is 0.497 e. The third-order valence-electron chi connectivity index (χ3n) is 3.42. The van der Waals surface area contributed by atoms with Crippen molar-refractivity contribution in [1.29, 1.82) is 5.26 Å². The minimum atomic E-state index is -0.582. The number of anilines is 1. The molecule has 138 valence electrons. The molecule has 0 saturated carbocycles. The van der Waals surface area contributed by atoms with Gasteiger partial charge in [-0.15, -0.1) is 0 Å². The van der Waals surface area contributed by atoms with Crippen molar-refractivity contribution in [1.82, 2.24) is 0 Å². The summed E-state index contributed by atoms with van der Waals surface area (Å²) in [7, 11) is 1.54. The van der Waals surface area contributed by atoms with Crippen LogP contribution in [0.15, 0.2) is 54.6 Å². The van der Waals surface area contributed by atoms with Crippen molar-refractivity contribution in [3.63, 3.8) is 0 Å². The predicted octanol–water partition coefficient (Wildman–Crippen LogP) is 5.11. The van der Waals surface area contributed by atoms with Crippen LogP contribution >= 0.6 is 23.2 Å². The number of nitriles is 1. The first-order valence-electron chi connectivity index (χ1n) is 7.78. The topological polar surface area (TPSA) is 71.3 Å². The van der Waals surface area contributed by atoms with Crippen LogP contribution in [-0.2, 0) is 4.79 Å². The number of halogens is 2. The molecule has 0 bridgehead atoms. The number of ether oxygens (including phenoxy) is 2. The molecule has 0 fully saturated rings. The second-order valence-electron chi connectivity index (χ2n) is 5.26. The third-order valence-corrected chi connectivity index (χ3v) is 4.16. The highest BCUT2D eigenvalue weighted by atomic mass is 35.5. The van der Waals surface area contributed by atoms with E-state index in [-0.39, 0.29) is 12.2 Å². The second kappa shape index (κ2) is 9.67. The zero-order valence-corrected chi connectivity index (χ0v) is 16.0. The van der Waals surface area contributed by atoms with Gasteiger partial charge in [0, 0.05) is 17.3 Å².